The molecule has 0 saturated heterocycles. The van der Waals surface area contributed by atoms with Crippen LogP contribution >= 0.6 is 0 Å². The summed E-state index contributed by atoms with van der Waals surface area (Å²) in [5.41, 5.74) is 2.52. The number of unbranched alkanes of at least 4 members (excludes halogenated alkanes) is 2. The lowest BCUT2D eigenvalue weighted by Crippen LogP contribution is -2.29. The van der Waals surface area contributed by atoms with E-state index < -0.39 is 21.5 Å². The molecule has 9 heteroatoms. The van der Waals surface area contributed by atoms with Gasteiger partial charge in [-0.3, -0.25) is 19.0 Å². The minimum Gasteiger partial charge on any atom is -0.481 e. The second-order valence-electron chi connectivity index (χ2n) is 9.06. The summed E-state index contributed by atoms with van der Waals surface area (Å²) in [6, 6.07) is 13.8. The Morgan fingerprint density at radius 2 is 1.74 bits per heavy atom. The molecule has 0 radical (unpaired) electrons. The second kappa shape index (κ2) is 10.5. The number of allylic oxidation sites excluding steroid dienone is 1. The van der Waals surface area contributed by atoms with Crippen LogP contribution < -0.4 is 4.90 Å². The molecular formula is C26H31N2O6S+. The third-order valence-corrected chi connectivity index (χ3v) is 7.04. The number of carboxylic acids is 1. The summed E-state index contributed by atoms with van der Waals surface area (Å²) in [5.74, 6) is -0.980. The zero-order valence-corrected chi connectivity index (χ0v) is 21.0. The van der Waals surface area contributed by atoms with Crippen LogP contribution in [0.3, 0.4) is 0 Å². The zero-order chi connectivity index (χ0) is 25.8. The Morgan fingerprint density at radius 1 is 1.06 bits per heavy atom. The van der Waals surface area contributed by atoms with E-state index in [-0.39, 0.29) is 17.2 Å². The Hall–Kier alpha value is -3.30. The molecular weight excluding hydrogens is 468 g/mol. The Kier molecular flexibility index (Phi) is 7.92. The average Bonchev–Trinajstić information content (AvgIpc) is 2.99. The van der Waals surface area contributed by atoms with Crippen molar-refractivity contribution in [3.05, 3.63) is 66.4 Å². The average molecular weight is 500 g/mol. The first kappa shape index (κ1) is 26.3. The van der Waals surface area contributed by atoms with Gasteiger partial charge in [-0.25, -0.2) is 0 Å². The van der Waals surface area contributed by atoms with Crippen LogP contribution in [0.4, 0.5) is 11.4 Å². The van der Waals surface area contributed by atoms with Crippen molar-refractivity contribution < 1.29 is 32.2 Å². The Labute approximate surface area is 206 Å². The van der Waals surface area contributed by atoms with Gasteiger partial charge in [-0.05, 0) is 51.0 Å². The van der Waals surface area contributed by atoms with Crippen LogP contribution in [0.5, 0.6) is 0 Å². The van der Waals surface area contributed by atoms with Crippen LogP contribution in [0, 0.1) is 0 Å². The molecule has 0 unspecified atom stereocenters. The molecule has 2 aromatic rings. The van der Waals surface area contributed by atoms with Crippen LogP contribution in [-0.2, 0) is 25.1 Å². The smallest absolute Gasteiger partial charge is 0.303 e. The highest BCUT2D eigenvalue weighted by molar-refractivity contribution is 7.85. The number of amides is 1. The fraction of sp³-hybridized carbons (Fsp3) is 0.346. The summed E-state index contributed by atoms with van der Waals surface area (Å²) >= 11 is 0. The second-order valence-corrected chi connectivity index (χ2v) is 10.5. The van der Waals surface area contributed by atoms with Crippen molar-refractivity contribution in [1.82, 2.24) is 0 Å². The number of anilines is 1. The van der Waals surface area contributed by atoms with Crippen LogP contribution in [0.25, 0.3) is 0 Å². The number of carbonyl (C=O) groups excluding carboxylic acids is 1. The summed E-state index contributed by atoms with van der Waals surface area (Å²) in [4.78, 5) is 24.6. The van der Waals surface area contributed by atoms with Gasteiger partial charge in [-0.1, -0.05) is 18.2 Å². The molecule has 1 amide bonds. The van der Waals surface area contributed by atoms with Crippen molar-refractivity contribution in [1.29, 1.82) is 0 Å². The molecule has 0 bridgehead atoms. The summed E-state index contributed by atoms with van der Waals surface area (Å²) in [6.45, 7) is 6.00. The van der Waals surface area contributed by atoms with Gasteiger partial charge < -0.3 is 5.11 Å². The first-order chi connectivity index (χ1) is 16.4. The van der Waals surface area contributed by atoms with E-state index in [9.17, 15) is 22.6 Å². The van der Waals surface area contributed by atoms with Gasteiger partial charge in [0.05, 0.1) is 10.3 Å². The number of rotatable bonds is 10. The molecule has 0 spiro atoms. The molecule has 186 valence electrons. The summed E-state index contributed by atoms with van der Waals surface area (Å²) in [6.07, 6.45) is 5.71. The van der Waals surface area contributed by atoms with E-state index in [1.165, 1.54) is 19.1 Å². The monoisotopic (exact) mass is 499 g/mol. The quantitative estimate of drug-likeness (QED) is 0.282. The fourth-order valence-electron chi connectivity index (χ4n) is 4.39. The fourth-order valence-corrected chi connectivity index (χ4v) is 4.89. The number of aliphatic carboxylic acids is 1. The summed E-state index contributed by atoms with van der Waals surface area (Å²) < 4.78 is 35.2. The lowest BCUT2D eigenvalue weighted by atomic mass is 9.81. The van der Waals surface area contributed by atoms with Crippen molar-refractivity contribution >= 4 is 39.1 Å². The van der Waals surface area contributed by atoms with Gasteiger partial charge in [0.15, 0.2) is 5.71 Å². The number of fused-ring (bicyclic) bond motifs is 1. The van der Waals surface area contributed by atoms with E-state index >= 15 is 0 Å². The minimum atomic E-state index is -4.37. The van der Waals surface area contributed by atoms with E-state index in [2.05, 4.69) is 4.58 Å². The van der Waals surface area contributed by atoms with Crippen molar-refractivity contribution in [3.63, 3.8) is 0 Å². The van der Waals surface area contributed by atoms with Crippen molar-refractivity contribution in [2.45, 2.75) is 56.8 Å². The zero-order valence-electron chi connectivity index (χ0n) is 20.1. The summed E-state index contributed by atoms with van der Waals surface area (Å²) in [5, 5.41) is 8.89. The minimum absolute atomic E-state index is 0.112. The molecule has 0 aromatic heterocycles. The third-order valence-electron chi connectivity index (χ3n) is 6.19. The topological polar surface area (TPSA) is 115 Å². The van der Waals surface area contributed by atoms with E-state index in [1.807, 2.05) is 50.3 Å². The number of carbonyl (C=O) groups is 2. The molecule has 2 aromatic carbocycles. The molecule has 8 nitrogen and oxygen atoms in total. The van der Waals surface area contributed by atoms with Gasteiger partial charge in [0.25, 0.3) is 10.1 Å². The maximum Gasteiger partial charge on any atom is 0.303 e. The van der Waals surface area contributed by atoms with Gasteiger partial charge in [0, 0.05) is 49.4 Å². The van der Waals surface area contributed by atoms with Gasteiger partial charge >= 0.3 is 5.97 Å². The first-order valence-electron chi connectivity index (χ1n) is 11.4. The van der Waals surface area contributed by atoms with E-state index in [4.69, 9.17) is 5.11 Å². The van der Waals surface area contributed by atoms with Crippen molar-refractivity contribution in [2.24, 2.45) is 0 Å². The molecule has 1 heterocycles. The van der Waals surface area contributed by atoms with E-state index in [0.29, 0.717) is 13.0 Å². The van der Waals surface area contributed by atoms with E-state index in [0.717, 1.165) is 35.5 Å². The van der Waals surface area contributed by atoms with Crippen LogP contribution in [-0.4, -0.2) is 46.8 Å². The highest BCUT2D eigenvalue weighted by Crippen LogP contribution is 2.41. The SMILES string of the molecule is CC(=O)N(/C=C/C1=[N+](CCCCCC(=O)O)c2ccc(S(=O)(=O)O)cc2C1(C)C)c1ccccc1. The number of benzene rings is 2. The lowest BCUT2D eigenvalue weighted by Gasteiger charge is -2.19. The molecule has 1 aliphatic heterocycles. The predicted molar refractivity (Wildman–Crippen MR) is 134 cm³/mol. The lowest BCUT2D eigenvalue weighted by molar-refractivity contribution is -0.438. The van der Waals surface area contributed by atoms with Gasteiger partial charge in [-0.15, -0.1) is 0 Å². The first-order valence-corrected chi connectivity index (χ1v) is 12.9. The number of para-hydroxylation sites is 1. The normalized spacial score (nSPS) is 14.9. The number of hydrogen-bond acceptors (Lipinski definition) is 4. The highest BCUT2D eigenvalue weighted by atomic mass is 32.2. The molecule has 0 fully saturated rings. The molecule has 2 N–H and O–H groups in total. The van der Waals surface area contributed by atoms with Crippen LogP contribution in [0.15, 0.2) is 65.7 Å². The molecule has 3 rings (SSSR count). The third kappa shape index (κ3) is 6.04. The molecule has 0 atom stereocenters. The molecule has 0 saturated carbocycles. The van der Waals surface area contributed by atoms with Crippen LogP contribution in [0.2, 0.25) is 0 Å². The predicted octanol–water partition coefficient (Wildman–Crippen LogP) is 4.52. The van der Waals surface area contributed by atoms with Crippen molar-refractivity contribution in [3.8, 4) is 0 Å². The maximum atomic E-state index is 12.4. The van der Waals surface area contributed by atoms with Gasteiger partial charge in [0.1, 0.15) is 6.54 Å². The Morgan fingerprint density at radius 3 is 2.34 bits per heavy atom. The maximum absolute atomic E-state index is 12.4. The standard InChI is InChI=1S/C26H30N2O6S/c1-19(29)27(20-10-6-4-7-11-20)17-15-24-26(2,3)22-18-21(35(32,33)34)13-14-23(22)28(24)16-9-5-8-12-25(30)31/h4,6-7,10-11,13-15,17-18H,5,8-9,12,16H2,1-3H3,(H-,30,31,32,33,34)/p+1. The molecule has 35 heavy (non-hydrogen) atoms. The number of hydrogen-bond donors (Lipinski definition) is 2. The number of nitrogens with zero attached hydrogens (tertiary/aromatic N) is 2. The molecule has 0 aliphatic carbocycles. The number of carboxylic acid groups (broad SMARTS) is 1. The highest BCUT2D eigenvalue weighted by Gasteiger charge is 2.45. The van der Waals surface area contributed by atoms with Crippen molar-refractivity contribution in [2.75, 3.05) is 11.4 Å². The van der Waals surface area contributed by atoms with Gasteiger partial charge in [-0.2, -0.15) is 13.0 Å². The van der Waals surface area contributed by atoms with E-state index in [1.54, 1.807) is 17.2 Å². The molecule has 1 aliphatic rings. The largest absolute Gasteiger partial charge is 0.481 e. The van der Waals surface area contributed by atoms with Gasteiger partial charge in [0.2, 0.25) is 11.6 Å². The van der Waals surface area contributed by atoms with Crippen LogP contribution in [0.1, 0.15) is 52.0 Å². The summed E-state index contributed by atoms with van der Waals surface area (Å²) in [7, 11) is -4.37. The Balaban J connectivity index is 2.02. The Bertz CT molecular complexity index is 1280.